The van der Waals surface area contributed by atoms with E-state index in [1.807, 2.05) is 42.7 Å². The Bertz CT molecular complexity index is 913. The second kappa shape index (κ2) is 8.75. The molecule has 1 saturated heterocycles. The van der Waals surface area contributed by atoms with Gasteiger partial charge in [0.25, 0.3) is 0 Å². The largest absolute Gasteiger partial charge is 0.454 e. The van der Waals surface area contributed by atoms with Gasteiger partial charge in [-0.25, -0.2) is 0 Å². The van der Waals surface area contributed by atoms with E-state index < -0.39 is 11.8 Å². The lowest BCUT2D eigenvalue weighted by Gasteiger charge is -2.34. The van der Waals surface area contributed by atoms with Crippen molar-refractivity contribution in [1.29, 1.82) is 0 Å². The van der Waals surface area contributed by atoms with Gasteiger partial charge in [-0.15, -0.1) is 11.8 Å². The number of nitrogens with zero attached hydrogens (tertiary/aromatic N) is 2. The Kier molecular flexibility index (Phi) is 5.92. The second-order valence-electron chi connectivity index (χ2n) is 6.94. The van der Waals surface area contributed by atoms with Crippen molar-refractivity contribution in [1.82, 2.24) is 9.80 Å². The number of carbonyl (C=O) groups excluding carboxylic acids is 2. The summed E-state index contributed by atoms with van der Waals surface area (Å²) in [7, 11) is 0. The van der Waals surface area contributed by atoms with Gasteiger partial charge in [-0.1, -0.05) is 12.1 Å². The van der Waals surface area contributed by atoms with Gasteiger partial charge in [-0.05, 0) is 42.2 Å². The summed E-state index contributed by atoms with van der Waals surface area (Å²) < 4.78 is 10.8. The van der Waals surface area contributed by atoms with Gasteiger partial charge in [0.15, 0.2) is 11.5 Å². The molecule has 2 amide bonds. The monoisotopic (exact) mass is 413 g/mol. The van der Waals surface area contributed by atoms with Crippen LogP contribution in [0.15, 0.2) is 47.4 Å². The Morgan fingerprint density at radius 3 is 2.62 bits per heavy atom. The van der Waals surface area contributed by atoms with E-state index >= 15 is 0 Å². The number of carbonyl (C=O) groups is 2. The van der Waals surface area contributed by atoms with Crippen LogP contribution in [-0.4, -0.2) is 60.8 Å². The van der Waals surface area contributed by atoms with Crippen LogP contribution < -0.4 is 14.8 Å². The molecule has 0 spiro atoms. The van der Waals surface area contributed by atoms with E-state index in [0.29, 0.717) is 18.8 Å². The van der Waals surface area contributed by atoms with Gasteiger partial charge >= 0.3 is 11.8 Å². The summed E-state index contributed by atoms with van der Waals surface area (Å²) in [6.07, 6.45) is 1.97. The second-order valence-corrected chi connectivity index (χ2v) is 7.82. The maximum Gasteiger partial charge on any atom is 0.313 e. The highest BCUT2D eigenvalue weighted by molar-refractivity contribution is 7.98. The summed E-state index contributed by atoms with van der Waals surface area (Å²) in [5.74, 6) is 0.478. The lowest BCUT2D eigenvalue weighted by Crippen LogP contribution is -2.51. The molecule has 4 rings (SSSR count). The smallest absolute Gasteiger partial charge is 0.313 e. The van der Waals surface area contributed by atoms with Gasteiger partial charge in [-0.3, -0.25) is 14.5 Å². The van der Waals surface area contributed by atoms with Crippen LogP contribution in [0.3, 0.4) is 0 Å². The minimum atomic E-state index is -0.590. The van der Waals surface area contributed by atoms with E-state index in [-0.39, 0.29) is 6.79 Å². The molecule has 2 aliphatic heterocycles. The number of rotatable bonds is 4. The first kappa shape index (κ1) is 19.6. The third kappa shape index (κ3) is 4.65. The molecule has 0 aromatic heterocycles. The van der Waals surface area contributed by atoms with Crippen LogP contribution in [0.4, 0.5) is 5.69 Å². The van der Waals surface area contributed by atoms with Crippen LogP contribution >= 0.6 is 11.8 Å². The zero-order chi connectivity index (χ0) is 20.2. The summed E-state index contributed by atoms with van der Waals surface area (Å²) in [5.41, 5.74) is 1.78. The molecule has 2 heterocycles. The van der Waals surface area contributed by atoms with Crippen LogP contribution in [0.1, 0.15) is 5.56 Å². The Labute approximate surface area is 174 Å². The molecule has 0 radical (unpaired) electrons. The van der Waals surface area contributed by atoms with Gasteiger partial charge in [0.1, 0.15) is 0 Å². The Morgan fingerprint density at radius 1 is 1.03 bits per heavy atom. The summed E-state index contributed by atoms with van der Waals surface area (Å²) in [4.78, 5) is 29.8. The fourth-order valence-electron chi connectivity index (χ4n) is 3.44. The van der Waals surface area contributed by atoms with Crippen molar-refractivity contribution in [2.24, 2.45) is 0 Å². The highest BCUT2D eigenvalue weighted by atomic mass is 32.2. The van der Waals surface area contributed by atoms with Crippen LogP contribution in [0.2, 0.25) is 0 Å². The van der Waals surface area contributed by atoms with E-state index in [4.69, 9.17) is 9.47 Å². The zero-order valence-electron chi connectivity index (χ0n) is 16.2. The standard InChI is InChI=1S/C21H23N3O4S/c1-29-17-4-2-3-16(12-17)22-20(25)21(26)24-9-7-23(8-10-24)13-15-5-6-18-19(11-15)28-14-27-18/h2-6,11-12H,7-10,13-14H2,1H3,(H,22,25). The lowest BCUT2D eigenvalue weighted by atomic mass is 10.1. The van der Waals surface area contributed by atoms with Crippen molar-refractivity contribution in [3.8, 4) is 11.5 Å². The molecule has 0 saturated carbocycles. The zero-order valence-corrected chi connectivity index (χ0v) is 17.0. The van der Waals surface area contributed by atoms with E-state index in [1.54, 1.807) is 22.7 Å². The van der Waals surface area contributed by atoms with Gasteiger partial charge in [0.05, 0.1) is 0 Å². The van der Waals surface area contributed by atoms with E-state index in [2.05, 4.69) is 10.2 Å². The molecule has 7 nitrogen and oxygen atoms in total. The number of benzene rings is 2. The number of ether oxygens (including phenoxy) is 2. The molecule has 2 aliphatic rings. The predicted octanol–water partition coefficient (Wildman–Crippen LogP) is 2.42. The highest BCUT2D eigenvalue weighted by Crippen LogP contribution is 2.32. The number of hydrogen-bond donors (Lipinski definition) is 1. The maximum atomic E-state index is 12.5. The Hall–Kier alpha value is -2.71. The molecule has 0 unspecified atom stereocenters. The van der Waals surface area contributed by atoms with Crippen LogP contribution in [-0.2, 0) is 16.1 Å². The Morgan fingerprint density at radius 2 is 1.83 bits per heavy atom. The quantitative estimate of drug-likeness (QED) is 0.613. The third-order valence-electron chi connectivity index (χ3n) is 5.02. The fourth-order valence-corrected chi connectivity index (χ4v) is 3.90. The van der Waals surface area contributed by atoms with Crippen molar-refractivity contribution in [2.45, 2.75) is 11.4 Å². The molecule has 152 valence electrons. The fraction of sp³-hybridized carbons (Fsp3) is 0.333. The minimum absolute atomic E-state index is 0.267. The number of amides is 2. The molecule has 1 fully saturated rings. The van der Waals surface area contributed by atoms with Crippen molar-refractivity contribution in [2.75, 3.05) is 44.5 Å². The average molecular weight is 413 g/mol. The topological polar surface area (TPSA) is 71.1 Å². The average Bonchev–Trinajstić information content (AvgIpc) is 3.22. The number of nitrogens with one attached hydrogen (secondary N) is 1. The van der Waals surface area contributed by atoms with Gasteiger partial charge in [-0.2, -0.15) is 0 Å². The number of piperazine rings is 1. The summed E-state index contributed by atoms with van der Waals surface area (Å²) in [6, 6.07) is 13.4. The maximum absolute atomic E-state index is 12.5. The number of thioether (sulfide) groups is 1. The first-order chi connectivity index (χ1) is 14.1. The van der Waals surface area contributed by atoms with Gasteiger partial charge in [0, 0.05) is 43.3 Å². The normalized spacial score (nSPS) is 16.0. The molecule has 0 atom stereocenters. The van der Waals surface area contributed by atoms with Crippen LogP contribution in [0, 0.1) is 0 Å². The molecule has 0 bridgehead atoms. The molecular weight excluding hydrogens is 390 g/mol. The van der Waals surface area contributed by atoms with Gasteiger partial charge < -0.3 is 19.7 Å². The van der Waals surface area contributed by atoms with Crippen molar-refractivity contribution in [3.63, 3.8) is 0 Å². The molecule has 8 heteroatoms. The van der Waals surface area contributed by atoms with E-state index in [0.717, 1.165) is 41.6 Å². The molecule has 1 N–H and O–H groups in total. The third-order valence-corrected chi connectivity index (χ3v) is 5.75. The number of anilines is 1. The molecule has 2 aromatic rings. The van der Waals surface area contributed by atoms with Crippen LogP contribution in [0.5, 0.6) is 11.5 Å². The SMILES string of the molecule is CSc1cccc(NC(=O)C(=O)N2CCN(Cc3ccc4c(c3)OCO4)CC2)c1. The first-order valence-corrected chi connectivity index (χ1v) is 10.7. The Balaban J connectivity index is 1.28. The predicted molar refractivity (Wildman–Crippen MR) is 111 cm³/mol. The number of fused-ring (bicyclic) bond motifs is 1. The molecule has 29 heavy (non-hydrogen) atoms. The van der Waals surface area contributed by atoms with E-state index in [9.17, 15) is 9.59 Å². The first-order valence-electron chi connectivity index (χ1n) is 9.47. The van der Waals surface area contributed by atoms with Crippen molar-refractivity contribution in [3.05, 3.63) is 48.0 Å². The molecular formula is C21H23N3O4S. The summed E-state index contributed by atoms with van der Waals surface area (Å²) >= 11 is 1.59. The molecule has 2 aromatic carbocycles. The van der Waals surface area contributed by atoms with Gasteiger partial charge in [0.2, 0.25) is 6.79 Å². The summed E-state index contributed by atoms with van der Waals surface area (Å²) in [5, 5.41) is 2.71. The van der Waals surface area contributed by atoms with Crippen LogP contribution in [0.25, 0.3) is 0 Å². The summed E-state index contributed by atoms with van der Waals surface area (Å²) in [6.45, 7) is 3.53. The number of hydrogen-bond acceptors (Lipinski definition) is 6. The van der Waals surface area contributed by atoms with Crippen molar-refractivity contribution < 1.29 is 19.1 Å². The minimum Gasteiger partial charge on any atom is -0.454 e. The van der Waals surface area contributed by atoms with E-state index in [1.165, 1.54) is 0 Å². The lowest BCUT2D eigenvalue weighted by molar-refractivity contribution is -0.144. The highest BCUT2D eigenvalue weighted by Gasteiger charge is 2.26. The van der Waals surface area contributed by atoms with Crippen molar-refractivity contribution >= 4 is 29.3 Å². The molecule has 0 aliphatic carbocycles.